The monoisotopic (exact) mass is 589 g/mol. The molecule has 5 heteroatoms. The Bertz CT molecular complexity index is 960. The van der Waals surface area contributed by atoms with E-state index in [0.717, 1.165) is 25.9 Å². The molecule has 1 aliphatic carbocycles. The van der Waals surface area contributed by atoms with E-state index in [2.05, 4.69) is 61.4 Å². The van der Waals surface area contributed by atoms with Gasteiger partial charge in [0, 0.05) is 19.0 Å². The second-order valence-corrected chi connectivity index (χ2v) is 13.8. The first-order valence-electron chi connectivity index (χ1n) is 12.9. The number of halogens is 1. The minimum atomic E-state index is -0.332. The number of carbonyl (C=O) groups excluding carboxylic acids is 2. The van der Waals surface area contributed by atoms with Crippen molar-refractivity contribution in [3.05, 3.63) is 47.6 Å². The zero-order valence-electron chi connectivity index (χ0n) is 22.2. The van der Waals surface area contributed by atoms with Crippen molar-refractivity contribution in [2.45, 2.75) is 59.9 Å². The van der Waals surface area contributed by atoms with E-state index < -0.39 is 0 Å². The molecule has 0 aromatic carbocycles. The number of amides is 2. The summed E-state index contributed by atoms with van der Waals surface area (Å²) in [6, 6.07) is 0. The van der Waals surface area contributed by atoms with Gasteiger partial charge in [0.2, 0.25) is 5.91 Å². The van der Waals surface area contributed by atoms with E-state index in [-0.39, 0.29) is 29.2 Å². The average Bonchev–Trinajstić information content (AvgIpc) is 2.76. The Hall–Kier alpha value is -1.81. The molecule has 192 valence electrons. The first kappa shape index (κ1) is 27.8. The molecular weight excluding hydrogens is 547 g/mol. The van der Waals surface area contributed by atoms with Gasteiger partial charge in [0.1, 0.15) is 0 Å². The van der Waals surface area contributed by atoms with Crippen molar-refractivity contribution in [2.75, 3.05) is 21.9 Å². The molecule has 2 aliphatic heterocycles. The first-order valence-corrected chi connectivity index (χ1v) is 16.0. The summed E-state index contributed by atoms with van der Waals surface area (Å²) < 4.78 is 2.69. The molecule has 0 spiro atoms. The fourth-order valence-corrected chi connectivity index (χ4v) is 7.43. The van der Waals surface area contributed by atoms with Crippen molar-refractivity contribution in [1.82, 2.24) is 10.2 Å². The molecule has 0 aromatic heterocycles. The molecule has 1 saturated carbocycles. The summed E-state index contributed by atoms with van der Waals surface area (Å²) >= 11 is 0.381. The molecule has 35 heavy (non-hydrogen) atoms. The van der Waals surface area contributed by atoms with Gasteiger partial charge >= 0.3 is 169 Å². The van der Waals surface area contributed by atoms with Gasteiger partial charge in [0.15, 0.2) is 0 Å². The van der Waals surface area contributed by atoms with Gasteiger partial charge in [0.05, 0.1) is 0 Å². The molecule has 3 fully saturated rings. The van der Waals surface area contributed by atoms with E-state index in [4.69, 9.17) is 0 Å². The standard InChI is InChI=1S/C30H42IN2O2/c1-7-9-12-22(26(14-10-8-2)25-17-31-18-25)13-11-15-30(5,6)32-28(34)27-23-16-24(27)20-33(19-23)29(35)21(3)4/h8,10-14,21,23-25,27H,15-20H2,1-6H3,(H,32,34)/q-1/b10-8-,13-11+,22-12+,26-14+/t23-,24+,27?. The molecule has 1 unspecified atom stereocenters. The fraction of sp³-hybridized carbons (Fsp3) is 0.600. The summed E-state index contributed by atoms with van der Waals surface area (Å²) in [4.78, 5) is 27.5. The van der Waals surface area contributed by atoms with Crippen molar-refractivity contribution in [3.8, 4) is 11.8 Å². The van der Waals surface area contributed by atoms with Crippen LogP contribution in [0.3, 0.4) is 0 Å². The number of carbonyl (C=O) groups is 2. The Kier molecular flexibility index (Phi) is 9.86. The van der Waals surface area contributed by atoms with Gasteiger partial charge < -0.3 is 4.90 Å². The van der Waals surface area contributed by atoms with Crippen molar-refractivity contribution in [3.63, 3.8) is 0 Å². The van der Waals surface area contributed by atoms with Crippen molar-refractivity contribution in [1.29, 1.82) is 0 Å². The summed E-state index contributed by atoms with van der Waals surface area (Å²) in [6.45, 7) is 13.5. The number of piperidine rings is 2. The van der Waals surface area contributed by atoms with Crippen LogP contribution >= 0.6 is 0 Å². The molecule has 0 radical (unpaired) electrons. The van der Waals surface area contributed by atoms with Gasteiger partial charge in [0.25, 0.3) is 0 Å². The van der Waals surface area contributed by atoms with Gasteiger partial charge in [-0.05, 0) is 6.42 Å². The number of rotatable bonds is 9. The van der Waals surface area contributed by atoms with Gasteiger partial charge in [-0.15, -0.1) is 0 Å². The molecule has 3 rings (SSSR count). The normalized spacial score (nSPS) is 25.6. The summed E-state index contributed by atoms with van der Waals surface area (Å²) in [6.07, 6.45) is 14.7. The third kappa shape index (κ3) is 7.12. The van der Waals surface area contributed by atoms with Crippen LogP contribution in [0.15, 0.2) is 47.6 Å². The summed E-state index contributed by atoms with van der Waals surface area (Å²) in [5.41, 5.74) is 2.25. The molecule has 4 nitrogen and oxygen atoms in total. The second kappa shape index (κ2) is 12.4. The molecule has 2 saturated heterocycles. The SMILES string of the molecule is CC#C/C=C(\C=C\CC(C)(C)NC(=O)C1[C@@H]2C[C@H]1CN(C(=O)C(C)C)C2)C(=C\C=C/C)/C1C[I-]C1. The predicted octanol–water partition coefficient (Wildman–Crippen LogP) is 1.75. The zero-order chi connectivity index (χ0) is 25.6. The van der Waals surface area contributed by atoms with Gasteiger partial charge in [-0.1, -0.05) is 13.8 Å². The summed E-state index contributed by atoms with van der Waals surface area (Å²) in [5, 5.41) is 3.32. The van der Waals surface area contributed by atoms with E-state index in [9.17, 15) is 9.59 Å². The van der Waals surface area contributed by atoms with Gasteiger partial charge in [-0.2, -0.15) is 0 Å². The first-order chi connectivity index (χ1) is 16.7. The van der Waals surface area contributed by atoms with Crippen LogP contribution < -0.4 is 26.5 Å². The maximum absolute atomic E-state index is 13.2. The number of alkyl halides is 2. The Morgan fingerprint density at radius 3 is 2.43 bits per heavy atom. The summed E-state index contributed by atoms with van der Waals surface area (Å²) in [7, 11) is 0. The van der Waals surface area contributed by atoms with Crippen LogP contribution in [0.1, 0.15) is 54.4 Å². The van der Waals surface area contributed by atoms with Crippen molar-refractivity contribution in [2.24, 2.45) is 29.6 Å². The van der Waals surface area contributed by atoms with Crippen LogP contribution in [-0.4, -0.2) is 44.2 Å². The van der Waals surface area contributed by atoms with Gasteiger partial charge in [-0.3, -0.25) is 4.79 Å². The number of hydrogen-bond donors (Lipinski definition) is 1. The zero-order valence-corrected chi connectivity index (χ0v) is 24.4. The van der Waals surface area contributed by atoms with Crippen LogP contribution in [0.25, 0.3) is 0 Å². The number of likely N-dealkylation sites (tertiary alicyclic amines) is 1. The van der Waals surface area contributed by atoms with Gasteiger partial charge in [-0.25, -0.2) is 0 Å². The molecule has 0 aromatic rings. The predicted molar refractivity (Wildman–Crippen MR) is 140 cm³/mol. The Morgan fingerprint density at radius 1 is 1.20 bits per heavy atom. The van der Waals surface area contributed by atoms with Crippen LogP contribution in [0.4, 0.5) is 0 Å². The van der Waals surface area contributed by atoms with E-state index in [1.807, 2.05) is 38.7 Å². The molecule has 2 bridgehead atoms. The van der Waals surface area contributed by atoms with Crippen molar-refractivity contribution >= 4 is 11.8 Å². The summed E-state index contributed by atoms with van der Waals surface area (Å²) in [5.74, 6) is 7.83. The number of nitrogens with one attached hydrogen (secondary N) is 1. The second-order valence-electron chi connectivity index (χ2n) is 11.0. The Morgan fingerprint density at radius 2 is 1.89 bits per heavy atom. The third-order valence-electron chi connectivity index (χ3n) is 7.23. The quantitative estimate of drug-likeness (QED) is 0.193. The fourth-order valence-electron chi connectivity index (χ4n) is 5.24. The molecular formula is C30H42IN2O2-. The van der Waals surface area contributed by atoms with Crippen LogP contribution in [0.2, 0.25) is 0 Å². The molecule has 2 heterocycles. The molecule has 3 atom stereocenters. The number of nitrogens with zero attached hydrogens (tertiary/aromatic N) is 1. The van der Waals surface area contributed by atoms with Crippen LogP contribution in [0.5, 0.6) is 0 Å². The molecule has 2 amide bonds. The van der Waals surface area contributed by atoms with Crippen molar-refractivity contribution < 1.29 is 30.8 Å². The Labute approximate surface area is 223 Å². The number of hydrogen-bond acceptors (Lipinski definition) is 2. The topological polar surface area (TPSA) is 49.4 Å². The third-order valence-corrected chi connectivity index (χ3v) is 10.6. The van der Waals surface area contributed by atoms with E-state index in [1.165, 1.54) is 20.0 Å². The van der Waals surface area contributed by atoms with Crippen LogP contribution in [0, 0.1) is 41.4 Å². The molecule has 3 aliphatic rings. The maximum atomic E-state index is 13.2. The van der Waals surface area contributed by atoms with E-state index in [0.29, 0.717) is 39.0 Å². The molecule has 1 N–H and O–H groups in total. The van der Waals surface area contributed by atoms with E-state index in [1.54, 1.807) is 0 Å². The van der Waals surface area contributed by atoms with E-state index >= 15 is 0 Å². The van der Waals surface area contributed by atoms with Crippen LogP contribution in [-0.2, 0) is 9.59 Å². The minimum absolute atomic E-state index is 0.0204. The number of allylic oxidation sites excluding steroid dienone is 7. The Balaban J connectivity index is 1.61. The average molecular weight is 590 g/mol. The number of fused-ring (bicyclic) bond motifs is 2.